The number of nitrogens with one attached hydrogen (secondary N) is 3. The van der Waals surface area contributed by atoms with E-state index in [4.69, 9.17) is 28.4 Å². The Bertz CT molecular complexity index is 1290. The summed E-state index contributed by atoms with van der Waals surface area (Å²) in [6.07, 6.45) is 5.10. The van der Waals surface area contributed by atoms with E-state index in [2.05, 4.69) is 16.0 Å². The van der Waals surface area contributed by atoms with E-state index in [1.165, 1.54) is 0 Å². The first-order chi connectivity index (χ1) is 22.6. The van der Waals surface area contributed by atoms with E-state index in [9.17, 15) is 14.4 Å². The quantitative estimate of drug-likeness (QED) is 0.116. The van der Waals surface area contributed by atoms with Crippen molar-refractivity contribution >= 4 is 28.5 Å². The topological polar surface area (TPSA) is 153 Å². The summed E-state index contributed by atoms with van der Waals surface area (Å²) < 4.78 is 32.2. The van der Waals surface area contributed by atoms with E-state index >= 15 is 0 Å². The summed E-state index contributed by atoms with van der Waals surface area (Å²) in [5.41, 5.74) is 0.453. The number of benzene rings is 2. The zero-order valence-electron chi connectivity index (χ0n) is 26.5. The van der Waals surface area contributed by atoms with Gasteiger partial charge in [0, 0.05) is 39.5 Å². The molecule has 0 aromatic heterocycles. The normalized spacial score (nSPS) is 19.5. The van der Waals surface area contributed by atoms with Crippen molar-refractivity contribution in [2.24, 2.45) is 0 Å². The summed E-state index contributed by atoms with van der Waals surface area (Å²) in [7, 11) is 0. The third-order valence-electron chi connectivity index (χ3n) is 7.87. The van der Waals surface area contributed by atoms with Crippen molar-refractivity contribution < 1.29 is 42.8 Å². The first kappa shape index (κ1) is 34.2. The lowest BCUT2D eigenvalue weighted by atomic mass is 9.92. The van der Waals surface area contributed by atoms with Crippen LogP contribution in [0.2, 0.25) is 0 Å². The Labute approximate surface area is 270 Å². The van der Waals surface area contributed by atoms with Crippen LogP contribution in [0.15, 0.2) is 30.3 Å². The molecule has 46 heavy (non-hydrogen) atoms. The fourth-order valence-corrected chi connectivity index (χ4v) is 5.00. The highest BCUT2D eigenvalue weighted by Crippen LogP contribution is 2.27. The molecule has 3 saturated heterocycles. The molecule has 3 amide bonds. The maximum atomic E-state index is 13.8. The first-order valence-corrected chi connectivity index (χ1v) is 16.6. The van der Waals surface area contributed by atoms with Gasteiger partial charge < -0.3 is 44.4 Å². The van der Waals surface area contributed by atoms with Gasteiger partial charge in [-0.1, -0.05) is 24.3 Å². The van der Waals surface area contributed by atoms with E-state index in [-0.39, 0.29) is 35.0 Å². The lowest BCUT2D eigenvalue weighted by molar-refractivity contribution is 0.0900. The van der Waals surface area contributed by atoms with Crippen LogP contribution in [0.25, 0.3) is 10.8 Å². The summed E-state index contributed by atoms with van der Waals surface area (Å²) in [5, 5.41) is 10.2. The predicted molar refractivity (Wildman–Crippen MR) is 170 cm³/mol. The molecular formula is C34H47N3O9. The van der Waals surface area contributed by atoms with Gasteiger partial charge in [0.25, 0.3) is 17.7 Å². The molecule has 12 heteroatoms. The number of hydrogen-bond acceptors (Lipinski definition) is 9. The van der Waals surface area contributed by atoms with Crippen LogP contribution in [0.1, 0.15) is 69.6 Å². The fraction of sp³-hybridized carbons (Fsp3) is 0.618. The average molecular weight is 642 g/mol. The van der Waals surface area contributed by atoms with Gasteiger partial charge in [0.2, 0.25) is 0 Å². The molecule has 2 aromatic rings. The fourth-order valence-electron chi connectivity index (χ4n) is 5.00. The summed E-state index contributed by atoms with van der Waals surface area (Å²) in [4.78, 5) is 41.1. The van der Waals surface area contributed by atoms with E-state index in [1.807, 2.05) is 24.3 Å². The summed E-state index contributed by atoms with van der Waals surface area (Å²) >= 11 is 0. The number of hydrogen-bond donors (Lipinski definition) is 3. The van der Waals surface area contributed by atoms with E-state index in [1.54, 1.807) is 6.07 Å². The molecule has 0 saturated carbocycles. The minimum atomic E-state index is -0.459. The van der Waals surface area contributed by atoms with Gasteiger partial charge in [-0.15, -0.1) is 0 Å². The van der Waals surface area contributed by atoms with Crippen LogP contribution >= 0.6 is 0 Å². The molecule has 0 spiro atoms. The molecule has 5 rings (SSSR count). The molecule has 252 valence electrons. The third kappa shape index (κ3) is 11.6. The number of amides is 3. The molecule has 2 aromatic carbocycles. The summed E-state index contributed by atoms with van der Waals surface area (Å²) in [6.45, 7) is 7.01. The van der Waals surface area contributed by atoms with Crippen LogP contribution in [0, 0.1) is 0 Å². The van der Waals surface area contributed by atoms with Crippen LogP contribution in [0.3, 0.4) is 0 Å². The monoisotopic (exact) mass is 641 g/mol. The van der Waals surface area contributed by atoms with Crippen molar-refractivity contribution in [1.29, 1.82) is 0 Å². The minimum Gasteiger partial charge on any atom is -0.379 e. The average Bonchev–Trinajstić information content (AvgIpc) is 3.90. The Kier molecular flexibility index (Phi) is 13.6. The van der Waals surface area contributed by atoms with Crippen molar-refractivity contribution in [3.05, 3.63) is 47.0 Å². The van der Waals surface area contributed by atoms with Crippen molar-refractivity contribution in [2.45, 2.75) is 56.8 Å². The Hall–Kier alpha value is -3.13. The maximum Gasteiger partial charge on any atom is 0.252 e. The predicted octanol–water partition coefficient (Wildman–Crippen LogP) is 2.62. The van der Waals surface area contributed by atoms with Crippen LogP contribution in [0.5, 0.6) is 0 Å². The largest absolute Gasteiger partial charge is 0.379 e. The number of rotatable bonds is 24. The number of unbranched alkanes of at least 4 members (excludes halogenated alkanes) is 3. The smallest absolute Gasteiger partial charge is 0.252 e. The first-order valence-electron chi connectivity index (χ1n) is 16.6. The van der Waals surface area contributed by atoms with Crippen molar-refractivity contribution in [1.82, 2.24) is 16.0 Å². The molecule has 3 fully saturated rings. The highest BCUT2D eigenvalue weighted by Gasteiger charge is 2.28. The number of fused-ring (bicyclic) bond motifs is 1. The minimum absolute atomic E-state index is 0.0800. The summed E-state index contributed by atoms with van der Waals surface area (Å²) in [5.74, 6) is -1.25. The second kappa shape index (κ2) is 18.3. The molecule has 12 nitrogen and oxygen atoms in total. The second-order valence-corrected chi connectivity index (χ2v) is 11.9. The van der Waals surface area contributed by atoms with Crippen LogP contribution < -0.4 is 16.0 Å². The molecule has 3 unspecified atom stereocenters. The van der Waals surface area contributed by atoms with Gasteiger partial charge in [0.15, 0.2) is 0 Å². The van der Waals surface area contributed by atoms with Crippen LogP contribution in [-0.4, -0.2) is 115 Å². The molecule has 3 N–H and O–H groups in total. The maximum absolute atomic E-state index is 13.8. The van der Waals surface area contributed by atoms with E-state index in [0.29, 0.717) is 89.3 Å². The number of ether oxygens (including phenoxy) is 6. The molecule has 0 bridgehead atoms. The molecular weight excluding hydrogens is 594 g/mol. The molecule has 0 aliphatic carbocycles. The molecule has 3 heterocycles. The van der Waals surface area contributed by atoms with Gasteiger partial charge in [0.1, 0.15) is 18.3 Å². The zero-order chi connectivity index (χ0) is 32.0. The Morgan fingerprint density at radius 3 is 1.52 bits per heavy atom. The number of carbonyl (C=O) groups is 3. The second-order valence-electron chi connectivity index (χ2n) is 11.9. The van der Waals surface area contributed by atoms with Gasteiger partial charge >= 0.3 is 0 Å². The Morgan fingerprint density at radius 2 is 1.04 bits per heavy atom. The van der Waals surface area contributed by atoms with Crippen molar-refractivity contribution in [2.75, 3.05) is 79.1 Å². The number of epoxide rings is 3. The van der Waals surface area contributed by atoms with Crippen LogP contribution in [0.4, 0.5) is 0 Å². The molecule has 3 atom stereocenters. The lowest BCUT2D eigenvalue weighted by Crippen LogP contribution is -2.34. The van der Waals surface area contributed by atoms with E-state index < -0.39 is 17.7 Å². The van der Waals surface area contributed by atoms with Gasteiger partial charge in [-0.05, 0) is 55.4 Å². The molecule has 0 radical (unpaired) electrons. The zero-order valence-corrected chi connectivity index (χ0v) is 26.5. The Balaban J connectivity index is 1.22. The van der Waals surface area contributed by atoms with Crippen molar-refractivity contribution in [3.63, 3.8) is 0 Å². The Morgan fingerprint density at radius 1 is 0.609 bits per heavy atom. The lowest BCUT2D eigenvalue weighted by Gasteiger charge is -2.18. The third-order valence-corrected chi connectivity index (χ3v) is 7.87. The van der Waals surface area contributed by atoms with Crippen molar-refractivity contribution in [3.8, 4) is 0 Å². The van der Waals surface area contributed by atoms with Gasteiger partial charge in [-0.3, -0.25) is 14.4 Å². The highest BCUT2D eigenvalue weighted by atomic mass is 16.6. The van der Waals surface area contributed by atoms with Gasteiger partial charge in [-0.2, -0.15) is 0 Å². The van der Waals surface area contributed by atoms with E-state index in [0.717, 1.165) is 39.1 Å². The van der Waals surface area contributed by atoms with Gasteiger partial charge in [-0.25, -0.2) is 0 Å². The van der Waals surface area contributed by atoms with Crippen LogP contribution in [-0.2, 0) is 28.4 Å². The highest BCUT2D eigenvalue weighted by molar-refractivity contribution is 6.20. The van der Waals surface area contributed by atoms with Gasteiger partial charge in [0.05, 0.1) is 56.3 Å². The number of carbonyl (C=O) groups excluding carboxylic acids is 3. The molecule has 3 aliphatic rings. The molecule has 3 aliphatic heterocycles. The summed E-state index contributed by atoms with van der Waals surface area (Å²) in [6, 6.07) is 9.03. The SMILES string of the molecule is O=C(NCCCCOCC1CO1)c1cc2ccccc2c(C(=O)NCCCCOCC2CO2)c1C(=O)NCCCCOCC1CO1. The standard InChI is InChI=1S/C34H47N3O9/c38-32(35-11-3-6-14-41-18-25-21-44-25)29-17-24-9-1-2-10-28(24)30(33(39)36-12-4-7-15-42-19-26-22-45-26)31(29)34(40)37-13-5-8-16-43-20-27-23-46-27/h1-2,9-10,17,25-27H,3-8,11-16,18-23H2,(H,35,38)(H,36,39)(H,37,40).